The molecule has 0 atom stereocenters. The molecule has 5 heteroatoms. The van der Waals surface area contributed by atoms with Crippen molar-refractivity contribution in [2.45, 2.75) is 19.3 Å². The summed E-state index contributed by atoms with van der Waals surface area (Å²) < 4.78 is 0. The van der Waals surface area contributed by atoms with E-state index in [4.69, 9.17) is 0 Å². The average Bonchev–Trinajstić information content (AvgIpc) is 2.17. The lowest BCUT2D eigenvalue weighted by molar-refractivity contribution is -0.167. The molecule has 2 amide bonds. The smallest absolute Gasteiger partial charge is 0.326 e. The molecule has 0 radical (unpaired) electrons. The largest absolute Gasteiger partial charge is 0.332 e. The highest BCUT2D eigenvalue weighted by molar-refractivity contribution is 6.35. The first-order valence-electron chi connectivity index (χ1n) is 5.87. The minimum absolute atomic E-state index is 0.341. The molecule has 2 rings (SSSR count). The fourth-order valence-corrected chi connectivity index (χ4v) is 2.21. The lowest BCUT2D eigenvalue weighted by Gasteiger charge is -2.39. The first-order valence-corrected chi connectivity index (χ1v) is 5.87. The SMILES string of the molecule is CN(C)N1CCN(CC2CCC2)C(=O)C1=O. The van der Waals surface area contributed by atoms with Crippen molar-refractivity contribution >= 4 is 11.8 Å². The minimum atomic E-state index is -0.393. The van der Waals surface area contributed by atoms with Crippen LogP contribution in [0.1, 0.15) is 19.3 Å². The Morgan fingerprint density at radius 2 is 1.88 bits per heavy atom. The van der Waals surface area contributed by atoms with Crippen molar-refractivity contribution in [1.29, 1.82) is 0 Å². The van der Waals surface area contributed by atoms with Crippen molar-refractivity contribution in [2.75, 3.05) is 33.7 Å². The van der Waals surface area contributed by atoms with E-state index < -0.39 is 5.91 Å². The van der Waals surface area contributed by atoms with E-state index in [-0.39, 0.29) is 5.91 Å². The second-order valence-electron chi connectivity index (χ2n) is 4.82. The van der Waals surface area contributed by atoms with Gasteiger partial charge in [0.15, 0.2) is 0 Å². The molecule has 0 bridgehead atoms. The number of carbonyl (C=O) groups excluding carboxylic acids is 2. The fourth-order valence-electron chi connectivity index (χ4n) is 2.21. The number of hydrogen-bond acceptors (Lipinski definition) is 3. The van der Waals surface area contributed by atoms with Crippen molar-refractivity contribution in [1.82, 2.24) is 14.9 Å². The first-order chi connectivity index (χ1) is 7.59. The topological polar surface area (TPSA) is 43.9 Å². The van der Waals surface area contributed by atoms with Crippen LogP contribution in [0.25, 0.3) is 0 Å². The third-order valence-corrected chi connectivity index (χ3v) is 3.47. The zero-order valence-corrected chi connectivity index (χ0v) is 9.98. The maximum Gasteiger partial charge on any atom is 0.326 e. The molecule has 1 saturated heterocycles. The van der Waals surface area contributed by atoms with E-state index in [0.717, 1.165) is 6.54 Å². The van der Waals surface area contributed by atoms with Crippen molar-refractivity contribution in [3.8, 4) is 0 Å². The summed E-state index contributed by atoms with van der Waals surface area (Å²) in [5.74, 6) is -0.106. The van der Waals surface area contributed by atoms with E-state index in [1.165, 1.54) is 24.3 Å². The van der Waals surface area contributed by atoms with Gasteiger partial charge in [-0.15, -0.1) is 0 Å². The van der Waals surface area contributed by atoms with Gasteiger partial charge >= 0.3 is 11.8 Å². The van der Waals surface area contributed by atoms with Crippen molar-refractivity contribution in [3.05, 3.63) is 0 Å². The van der Waals surface area contributed by atoms with Gasteiger partial charge in [0.1, 0.15) is 0 Å². The quantitative estimate of drug-likeness (QED) is 0.632. The molecule has 0 aromatic carbocycles. The number of hydrazine groups is 1. The Morgan fingerprint density at radius 1 is 1.19 bits per heavy atom. The standard InChI is InChI=1S/C11H19N3O2/c1-12(2)14-7-6-13(10(15)11(14)16)8-9-4-3-5-9/h9H,3-8H2,1-2H3. The molecule has 1 heterocycles. The number of hydrogen-bond donors (Lipinski definition) is 0. The third kappa shape index (κ3) is 2.04. The Hall–Kier alpha value is -1.10. The van der Waals surface area contributed by atoms with Gasteiger partial charge in [-0.1, -0.05) is 6.42 Å². The highest BCUT2D eigenvalue weighted by Crippen LogP contribution is 2.27. The van der Waals surface area contributed by atoms with E-state index in [9.17, 15) is 9.59 Å². The number of amides is 2. The van der Waals surface area contributed by atoms with Gasteiger partial charge in [-0.2, -0.15) is 0 Å². The van der Waals surface area contributed by atoms with Gasteiger partial charge in [0.25, 0.3) is 0 Å². The van der Waals surface area contributed by atoms with Crippen LogP contribution in [-0.4, -0.2) is 60.5 Å². The van der Waals surface area contributed by atoms with E-state index >= 15 is 0 Å². The Morgan fingerprint density at radius 3 is 2.38 bits per heavy atom. The molecular formula is C11H19N3O2. The Kier molecular flexibility index (Phi) is 3.14. The van der Waals surface area contributed by atoms with Crippen molar-refractivity contribution in [2.24, 2.45) is 5.92 Å². The van der Waals surface area contributed by atoms with Gasteiger partial charge < -0.3 is 4.90 Å². The summed E-state index contributed by atoms with van der Waals surface area (Å²) in [4.78, 5) is 25.3. The predicted molar refractivity (Wildman–Crippen MR) is 59.3 cm³/mol. The second-order valence-corrected chi connectivity index (χ2v) is 4.82. The lowest BCUT2D eigenvalue weighted by atomic mass is 9.85. The molecule has 2 fully saturated rings. The summed E-state index contributed by atoms with van der Waals surface area (Å²) in [6.07, 6.45) is 3.68. The van der Waals surface area contributed by atoms with Gasteiger partial charge in [0, 0.05) is 27.2 Å². The maximum atomic E-state index is 11.8. The van der Waals surface area contributed by atoms with E-state index in [1.54, 1.807) is 24.0 Å². The highest BCUT2D eigenvalue weighted by Gasteiger charge is 2.35. The molecule has 0 spiro atoms. The van der Waals surface area contributed by atoms with Crippen molar-refractivity contribution < 1.29 is 9.59 Å². The highest BCUT2D eigenvalue weighted by atomic mass is 16.2. The summed E-state index contributed by atoms with van der Waals surface area (Å²) in [6.45, 7) is 2.05. The zero-order valence-electron chi connectivity index (χ0n) is 9.98. The van der Waals surface area contributed by atoms with Crippen LogP contribution in [-0.2, 0) is 9.59 Å². The molecule has 16 heavy (non-hydrogen) atoms. The van der Waals surface area contributed by atoms with Crippen LogP contribution in [0.15, 0.2) is 0 Å². The number of carbonyl (C=O) groups is 2. The predicted octanol–water partition coefficient (Wildman–Crippen LogP) is -0.0661. The van der Waals surface area contributed by atoms with Crippen LogP contribution in [0, 0.1) is 5.92 Å². The van der Waals surface area contributed by atoms with Gasteiger partial charge in [-0.05, 0) is 18.8 Å². The molecule has 1 saturated carbocycles. The summed E-state index contributed by atoms with van der Waals surface area (Å²) >= 11 is 0. The zero-order chi connectivity index (χ0) is 11.7. The van der Waals surface area contributed by atoms with Crippen LogP contribution in [0.3, 0.4) is 0 Å². The van der Waals surface area contributed by atoms with Crippen LogP contribution >= 0.6 is 0 Å². The molecular weight excluding hydrogens is 206 g/mol. The van der Waals surface area contributed by atoms with Crippen molar-refractivity contribution in [3.63, 3.8) is 0 Å². The molecule has 0 aromatic heterocycles. The molecule has 1 aliphatic heterocycles. The van der Waals surface area contributed by atoms with E-state index in [1.807, 2.05) is 0 Å². The average molecular weight is 225 g/mol. The van der Waals surface area contributed by atoms with Crippen LogP contribution in [0.4, 0.5) is 0 Å². The van der Waals surface area contributed by atoms with Crippen LogP contribution < -0.4 is 0 Å². The number of rotatable bonds is 3. The van der Waals surface area contributed by atoms with Crippen LogP contribution in [0.5, 0.6) is 0 Å². The second kappa shape index (κ2) is 4.41. The summed E-state index contributed by atoms with van der Waals surface area (Å²) in [7, 11) is 3.57. The third-order valence-electron chi connectivity index (χ3n) is 3.47. The Labute approximate surface area is 95.9 Å². The monoisotopic (exact) mass is 225 g/mol. The normalized spacial score (nSPS) is 22.9. The number of nitrogens with zero attached hydrogens (tertiary/aromatic N) is 3. The molecule has 5 nitrogen and oxygen atoms in total. The molecule has 2 aliphatic rings. The van der Waals surface area contributed by atoms with E-state index in [2.05, 4.69) is 0 Å². The van der Waals surface area contributed by atoms with E-state index in [0.29, 0.717) is 19.0 Å². The molecule has 0 unspecified atom stereocenters. The summed E-state index contributed by atoms with van der Waals surface area (Å²) in [6, 6.07) is 0. The first kappa shape index (κ1) is 11.4. The van der Waals surface area contributed by atoms with Gasteiger partial charge in [-0.3, -0.25) is 14.6 Å². The van der Waals surface area contributed by atoms with Gasteiger partial charge in [-0.25, -0.2) is 5.01 Å². The summed E-state index contributed by atoms with van der Waals surface area (Å²) in [5, 5.41) is 3.18. The maximum absolute atomic E-state index is 11.8. The molecule has 90 valence electrons. The summed E-state index contributed by atoms with van der Waals surface area (Å²) in [5.41, 5.74) is 0. The van der Waals surface area contributed by atoms with Gasteiger partial charge in [0.05, 0.1) is 6.54 Å². The molecule has 1 aliphatic carbocycles. The Balaban J connectivity index is 1.93. The minimum Gasteiger partial charge on any atom is -0.332 e. The lowest BCUT2D eigenvalue weighted by Crippen LogP contribution is -2.59. The molecule has 0 aromatic rings. The van der Waals surface area contributed by atoms with Gasteiger partial charge in [0.2, 0.25) is 0 Å². The number of piperazine rings is 1. The Bertz CT molecular complexity index is 300. The van der Waals surface area contributed by atoms with Crippen LogP contribution in [0.2, 0.25) is 0 Å². The molecule has 0 N–H and O–H groups in total. The fraction of sp³-hybridized carbons (Fsp3) is 0.818.